The van der Waals surface area contributed by atoms with Crippen molar-refractivity contribution in [1.29, 1.82) is 0 Å². The molecular formula is C38H21N5O. The molecule has 0 spiro atoms. The molecule has 0 radical (unpaired) electrons. The first-order chi connectivity index (χ1) is 21.8. The third kappa shape index (κ3) is 3.14. The zero-order valence-corrected chi connectivity index (χ0v) is 23.3. The molecule has 0 amide bonds. The van der Waals surface area contributed by atoms with Crippen LogP contribution in [0, 0.1) is 0 Å². The molecule has 4 aromatic heterocycles. The lowest BCUT2D eigenvalue weighted by Crippen LogP contribution is -2.02. The molecule has 0 bridgehead atoms. The molecule has 0 aliphatic heterocycles. The number of furan rings is 1. The Balaban J connectivity index is 1.36. The number of rotatable bonds is 2. The summed E-state index contributed by atoms with van der Waals surface area (Å²) in [6, 6.07) is 39.3. The first kappa shape index (κ1) is 23.4. The summed E-state index contributed by atoms with van der Waals surface area (Å²) in [6.45, 7) is 0. The van der Waals surface area contributed by atoms with Crippen LogP contribution in [0.15, 0.2) is 132 Å². The zero-order chi connectivity index (χ0) is 28.8. The number of hydrogen-bond acceptors (Lipinski definition) is 5. The second-order valence-electron chi connectivity index (χ2n) is 11.1. The molecule has 0 saturated heterocycles. The summed E-state index contributed by atoms with van der Waals surface area (Å²) in [5.74, 6) is 1.23. The van der Waals surface area contributed by atoms with Gasteiger partial charge in [-0.05, 0) is 29.0 Å². The fourth-order valence-corrected chi connectivity index (χ4v) is 6.74. The van der Waals surface area contributed by atoms with Gasteiger partial charge < -0.3 is 4.42 Å². The van der Waals surface area contributed by atoms with Crippen LogP contribution in [0.4, 0.5) is 0 Å². The number of benzene rings is 6. The van der Waals surface area contributed by atoms with E-state index < -0.39 is 0 Å². The third-order valence-corrected chi connectivity index (χ3v) is 8.71. The minimum absolute atomic E-state index is 0.563. The van der Waals surface area contributed by atoms with Gasteiger partial charge in [-0.2, -0.15) is 0 Å². The van der Waals surface area contributed by atoms with Crippen LogP contribution in [0.5, 0.6) is 0 Å². The average Bonchev–Trinajstić information content (AvgIpc) is 3.64. The summed E-state index contributed by atoms with van der Waals surface area (Å²) in [5.41, 5.74) is 6.18. The monoisotopic (exact) mass is 563 g/mol. The summed E-state index contributed by atoms with van der Waals surface area (Å²) >= 11 is 0. The van der Waals surface area contributed by atoms with E-state index in [0.29, 0.717) is 11.8 Å². The highest BCUT2D eigenvalue weighted by Gasteiger charge is 2.21. The third-order valence-electron chi connectivity index (χ3n) is 8.71. The molecule has 0 N–H and O–H groups in total. The van der Waals surface area contributed by atoms with Gasteiger partial charge in [-0.1, -0.05) is 97.1 Å². The lowest BCUT2D eigenvalue weighted by Gasteiger charge is -2.12. The molecule has 6 heteroatoms. The van der Waals surface area contributed by atoms with Crippen molar-refractivity contribution in [2.75, 3.05) is 0 Å². The van der Waals surface area contributed by atoms with Crippen molar-refractivity contribution in [3.05, 3.63) is 128 Å². The number of aromatic nitrogens is 5. The molecule has 4 heterocycles. The van der Waals surface area contributed by atoms with E-state index in [9.17, 15) is 0 Å². The van der Waals surface area contributed by atoms with E-state index in [4.69, 9.17) is 24.4 Å². The van der Waals surface area contributed by atoms with Crippen molar-refractivity contribution in [1.82, 2.24) is 24.5 Å². The smallest absolute Gasteiger partial charge is 0.235 e. The summed E-state index contributed by atoms with van der Waals surface area (Å²) < 4.78 is 8.67. The van der Waals surface area contributed by atoms with Crippen molar-refractivity contribution >= 4 is 76.3 Å². The zero-order valence-electron chi connectivity index (χ0n) is 23.3. The van der Waals surface area contributed by atoms with Gasteiger partial charge >= 0.3 is 0 Å². The van der Waals surface area contributed by atoms with Gasteiger partial charge in [-0.25, -0.2) is 19.9 Å². The standard InChI is InChI=1S/C38H21N5O/c1-2-10-22(11-3-1)37-39-20-29-23-12-4-5-13-24(23)30-21-40-38(42-34(30)33(29)41-37)43-31-16-8-6-14-25(31)27-18-19-28-26-15-7-9-17-32(26)44-36(28)35(27)43/h1-21H. The quantitative estimate of drug-likeness (QED) is 0.196. The van der Waals surface area contributed by atoms with Crippen LogP contribution in [-0.4, -0.2) is 24.5 Å². The van der Waals surface area contributed by atoms with Gasteiger partial charge in [0.15, 0.2) is 11.4 Å². The Kier molecular flexibility index (Phi) is 4.63. The van der Waals surface area contributed by atoms with Crippen molar-refractivity contribution < 1.29 is 4.42 Å². The maximum Gasteiger partial charge on any atom is 0.235 e. The summed E-state index contributed by atoms with van der Waals surface area (Å²) in [6.07, 6.45) is 3.86. The van der Waals surface area contributed by atoms with Crippen LogP contribution in [0.1, 0.15) is 0 Å². The minimum atomic E-state index is 0.563. The molecule has 10 aromatic rings. The molecule has 204 valence electrons. The van der Waals surface area contributed by atoms with Crippen LogP contribution in [0.3, 0.4) is 0 Å². The van der Waals surface area contributed by atoms with Crippen LogP contribution in [0.25, 0.3) is 93.7 Å². The molecule has 6 nitrogen and oxygen atoms in total. The van der Waals surface area contributed by atoms with E-state index >= 15 is 0 Å². The topological polar surface area (TPSA) is 69.6 Å². The van der Waals surface area contributed by atoms with E-state index in [1.165, 1.54) is 0 Å². The van der Waals surface area contributed by atoms with Crippen molar-refractivity contribution in [2.24, 2.45) is 0 Å². The molecule has 44 heavy (non-hydrogen) atoms. The second-order valence-corrected chi connectivity index (χ2v) is 11.1. The highest BCUT2D eigenvalue weighted by Crippen LogP contribution is 2.40. The fraction of sp³-hybridized carbons (Fsp3) is 0. The Morgan fingerprint density at radius 1 is 0.477 bits per heavy atom. The van der Waals surface area contributed by atoms with E-state index in [2.05, 4.69) is 59.2 Å². The Bertz CT molecular complexity index is 2780. The largest absolute Gasteiger partial charge is 0.454 e. The van der Waals surface area contributed by atoms with Crippen molar-refractivity contribution in [3.8, 4) is 17.3 Å². The Hall–Kier alpha value is -6.14. The second kappa shape index (κ2) is 8.69. The van der Waals surface area contributed by atoms with Crippen LogP contribution >= 0.6 is 0 Å². The van der Waals surface area contributed by atoms with Crippen LogP contribution in [0.2, 0.25) is 0 Å². The molecule has 0 fully saturated rings. The van der Waals surface area contributed by atoms with Gasteiger partial charge in [0.25, 0.3) is 0 Å². The predicted molar refractivity (Wildman–Crippen MR) is 177 cm³/mol. The first-order valence-electron chi connectivity index (χ1n) is 14.6. The summed E-state index contributed by atoms with van der Waals surface area (Å²) in [5, 5.41) is 8.41. The Morgan fingerprint density at radius 3 is 1.93 bits per heavy atom. The van der Waals surface area contributed by atoms with Gasteiger partial charge in [0, 0.05) is 50.3 Å². The van der Waals surface area contributed by atoms with E-state index in [1.54, 1.807) is 0 Å². The minimum Gasteiger partial charge on any atom is -0.454 e. The average molecular weight is 564 g/mol. The van der Waals surface area contributed by atoms with Gasteiger partial charge in [0.2, 0.25) is 5.95 Å². The van der Waals surface area contributed by atoms with Gasteiger partial charge in [-0.3, -0.25) is 4.57 Å². The van der Waals surface area contributed by atoms with Crippen LogP contribution < -0.4 is 0 Å². The molecule has 0 aliphatic rings. The van der Waals surface area contributed by atoms with E-state index in [-0.39, 0.29) is 0 Å². The van der Waals surface area contributed by atoms with Crippen LogP contribution in [-0.2, 0) is 0 Å². The van der Waals surface area contributed by atoms with E-state index in [0.717, 1.165) is 81.9 Å². The SMILES string of the molecule is c1ccc(-c2ncc3c4ccccc4c4cnc(-n5c6ccccc6c6ccc7c8ccccc8oc7c65)nc4c3n2)cc1. The molecule has 10 rings (SSSR count). The molecule has 0 aliphatic carbocycles. The lowest BCUT2D eigenvalue weighted by molar-refractivity contribution is 0.671. The van der Waals surface area contributed by atoms with E-state index in [1.807, 2.05) is 73.1 Å². The number of nitrogens with zero attached hydrogens (tertiary/aromatic N) is 5. The number of hydrogen-bond donors (Lipinski definition) is 0. The highest BCUT2D eigenvalue weighted by atomic mass is 16.3. The van der Waals surface area contributed by atoms with Gasteiger partial charge in [-0.15, -0.1) is 0 Å². The lowest BCUT2D eigenvalue weighted by atomic mass is 10.0. The Labute approximate surface area is 249 Å². The molecule has 0 atom stereocenters. The maximum absolute atomic E-state index is 6.54. The Morgan fingerprint density at radius 2 is 1.11 bits per heavy atom. The van der Waals surface area contributed by atoms with Crippen molar-refractivity contribution in [2.45, 2.75) is 0 Å². The van der Waals surface area contributed by atoms with Gasteiger partial charge in [0.1, 0.15) is 22.1 Å². The molecular weight excluding hydrogens is 542 g/mol. The number of fused-ring (bicyclic) bond motifs is 13. The summed E-state index contributed by atoms with van der Waals surface area (Å²) in [4.78, 5) is 20.2. The predicted octanol–water partition coefficient (Wildman–Crippen LogP) is 9.39. The highest BCUT2D eigenvalue weighted by molar-refractivity contribution is 6.24. The molecule has 6 aromatic carbocycles. The molecule has 0 unspecified atom stereocenters. The maximum atomic E-state index is 6.54. The van der Waals surface area contributed by atoms with Crippen molar-refractivity contribution in [3.63, 3.8) is 0 Å². The first-order valence-corrected chi connectivity index (χ1v) is 14.6. The summed E-state index contributed by atoms with van der Waals surface area (Å²) in [7, 11) is 0. The molecule has 0 saturated carbocycles. The van der Waals surface area contributed by atoms with Gasteiger partial charge in [0.05, 0.1) is 5.52 Å². The fourth-order valence-electron chi connectivity index (χ4n) is 6.74. The normalized spacial score (nSPS) is 12.1. The number of para-hydroxylation sites is 2.